The van der Waals surface area contributed by atoms with Gasteiger partial charge in [0.05, 0.1) is 11.6 Å². The van der Waals surface area contributed by atoms with E-state index in [1.807, 2.05) is 55.5 Å². The zero-order chi connectivity index (χ0) is 15.4. The summed E-state index contributed by atoms with van der Waals surface area (Å²) in [4.78, 5) is 12.3. The molecule has 22 heavy (non-hydrogen) atoms. The molecule has 0 aliphatic carbocycles. The van der Waals surface area contributed by atoms with Crippen LogP contribution in [0, 0.1) is 12.8 Å². The number of benzene rings is 2. The molecule has 1 aliphatic heterocycles. The van der Waals surface area contributed by atoms with Crippen LogP contribution in [0.25, 0.3) is 0 Å². The Morgan fingerprint density at radius 2 is 2.09 bits per heavy atom. The summed E-state index contributed by atoms with van der Waals surface area (Å²) in [5, 5.41) is 6.19. The normalized spacial score (nSPS) is 17.2. The van der Waals surface area contributed by atoms with Crippen LogP contribution in [0.3, 0.4) is 0 Å². The third kappa shape index (κ3) is 3.46. The van der Waals surface area contributed by atoms with Crippen molar-refractivity contribution in [1.82, 2.24) is 5.32 Å². The van der Waals surface area contributed by atoms with Crippen LogP contribution in [-0.4, -0.2) is 19.0 Å². The van der Waals surface area contributed by atoms with E-state index in [0.29, 0.717) is 11.4 Å². The average Bonchev–Trinajstić information content (AvgIpc) is 3.04. The van der Waals surface area contributed by atoms with Crippen molar-refractivity contribution in [3.63, 3.8) is 0 Å². The first-order valence-corrected chi connectivity index (χ1v) is 7.57. The Morgan fingerprint density at radius 3 is 2.86 bits per heavy atom. The number of carbonyl (C=O) groups excluding carboxylic acids is 1. The molecule has 1 fully saturated rings. The van der Waals surface area contributed by atoms with Crippen LogP contribution in [0.15, 0.2) is 48.5 Å². The van der Waals surface area contributed by atoms with Gasteiger partial charge in [-0.25, -0.2) is 0 Å². The van der Waals surface area contributed by atoms with Gasteiger partial charge < -0.3 is 15.4 Å². The van der Waals surface area contributed by atoms with Crippen molar-refractivity contribution in [2.45, 2.75) is 13.3 Å². The number of carbonyl (C=O) groups is 1. The number of anilines is 1. The topological polar surface area (TPSA) is 50.4 Å². The fourth-order valence-corrected chi connectivity index (χ4v) is 2.58. The molecule has 0 radical (unpaired) electrons. The number of nitrogens with one attached hydrogen (secondary N) is 2. The summed E-state index contributed by atoms with van der Waals surface area (Å²) < 4.78 is 5.92. The monoisotopic (exact) mass is 296 g/mol. The van der Waals surface area contributed by atoms with Gasteiger partial charge >= 0.3 is 0 Å². The van der Waals surface area contributed by atoms with Crippen LogP contribution in [0.5, 0.6) is 11.5 Å². The van der Waals surface area contributed by atoms with E-state index in [1.165, 1.54) is 0 Å². The van der Waals surface area contributed by atoms with Gasteiger partial charge in [0.1, 0.15) is 5.75 Å². The van der Waals surface area contributed by atoms with Gasteiger partial charge in [-0.05, 0) is 49.7 Å². The first-order chi connectivity index (χ1) is 10.7. The maximum atomic E-state index is 12.3. The fraction of sp³-hybridized carbons (Fsp3) is 0.278. The number of hydrogen-bond acceptors (Lipinski definition) is 3. The summed E-state index contributed by atoms with van der Waals surface area (Å²) in [6, 6.07) is 15.4. The van der Waals surface area contributed by atoms with Gasteiger partial charge in [0.25, 0.3) is 0 Å². The van der Waals surface area contributed by atoms with Crippen molar-refractivity contribution >= 4 is 11.6 Å². The highest BCUT2D eigenvalue weighted by molar-refractivity contribution is 5.94. The summed E-state index contributed by atoms with van der Waals surface area (Å²) in [6.07, 6.45) is 0.882. The van der Waals surface area contributed by atoms with Gasteiger partial charge in [-0.3, -0.25) is 4.79 Å². The molecule has 0 bridgehead atoms. The molecule has 3 rings (SSSR count). The first-order valence-electron chi connectivity index (χ1n) is 7.57. The molecule has 1 heterocycles. The van der Waals surface area contributed by atoms with Crippen molar-refractivity contribution in [2.75, 3.05) is 18.4 Å². The molecular weight excluding hydrogens is 276 g/mol. The van der Waals surface area contributed by atoms with Crippen LogP contribution in [0.1, 0.15) is 12.0 Å². The highest BCUT2D eigenvalue weighted by Crippen LogP contribution is 2.30. The molecule has 1 unspecified atom stereocenters. The van der Waals surface area contributed by atoms with Crippen molar-refractivity contribution in [2.24, 2.45) is 5.92 Å². The van der Waals surface area contributed by atoms with Gasteiger partial charge in [-0.15, -0.1) is 0 Å². The number of ether oxygens (including phenoxy) is 1. The van der Waals surface area contributed by atoms with E-state index in [-0.39, 0.29) is 11.8 Å². The van der Waals surface area contributed by atoms with Crippen LogP contribution < -0.4 is 15.4 Å². The summed E-state index contributed by atoms with van der Waals surface area (Å²) >= 11 is 0. The largest absolute Gasteiger partial charge is 0.455 e. The summed E-state index contributed by atoms with van der Waals surface area (Å²) in [5.41, 5.74) is 1.84. The van der Waals surface area contributed by atoms with Gasteiger partial charge in [-0.1, -0.05) is 24.3 Å². The molecule has 4 heteroatoms. The lowest BCUT2D eigenvalue weighted by Gasteiger charge is -2.14. The Morgan fingerprint density at radius 1 is 1.23 bits per heavy atom. The Hall–Kier alpha value is -2.33. The molecule has 2 aromatic rings. The quantitative estimate of drug-likeness (QED) is 0.910. The number of para-hydroxylation sites is 2. The minimum atomic E-state index is 0.0343. The van der Waals surface area contributed by atoms with Gasteiger partial charge in [0.2, 0.25) is 5.91 Å². The lowest BCUT2D eigenvalue weighted by Crippen LogP contribution is -2.24. The third-order valence-electron chi connectivity index (χ3n) is 3.79. The molecular formula is C18H20N2O2. The predicted octanol–water partition coefficient (Wildman–Crippen LogP) is 3.34. The molecule has 0 spiro atoms. The molecule has 0 saturated carbocycles. The second-order valence-electron chi connectivity index (χ2n) is 5.59. The smallest absolute Gasteiger partial charge is 0.228 e. The second-order valence-corrected chi connectivity index (χ2v) is 5.59. The van der Waals surface area contributed by atoms with E-state index in [0.717, 1.165) is 30.8 Å². The summed E-state index contributed by atoms with van der Waals surface area (Å²) in [5.74, 6) is 1.51. The Bertz CT molecular complexity index is 664. The lowest BCUT2D eigenvalue weighted by molar-refractivity contribution is -0.119. The van der Waals surface area contributed by atoms with E-state index in [2.05, 4.69) is 10.6 Å². The van der Waals surface area contributed by atoms with Crippen LogP contribution in [0.4, 0.5) is 5.69 Å². The summed E-state index contributed by atoms with van der Waals surface area (Å²) in [6.45, 7) is 3.67. The number of hydrogen-bond donors (Lipinski definition) is 2. The van der Waals surface area contributed by atoms with Crippen molar-refractivity contribution in [3.05, 3.63) is 54.1 Å². The minimum Gasteiger partial charge on any atom is -0.455 e. The molecule has 2 N–H and O–H groups in total. The molecule has 4 nitrogen and oxygen atoms in total. The van der Waals surface area contributed by atoms with E-state index in [4.69, 9.17) is 4.74 Å². The zero-order valence-corrected chi connectivity index (χ0v) is 12.6. The van der Waals surface area contributed by atoms with E-state index in [1.54, 1.807) is 0 Å². The van der Waals surface area contributed by atoms with E-state index in [9.17, 15) is 4.79 Å². The predicted molar refractivity (Wildman–Crippen MR) is 87.3 cm³/mol. The standard InChI is InChI=1S/C18H20N2O2/c1-13-5-4-6-15(11-13)22-17-8-3-2-7-16(17)20-18(21)14-9-10-19-12-14/h2-8,11,14,19H,9-10,12H2,1H3,(H,20,21). The minimum absolute atomic E-state index is 0.0343. The highest BCUT2D eigenvalue weighted by atomic mass is 16.5. The van der Waals surface area contributed by atoms with Crippen molar-refractivity contribution in [3.8, 4) is 11.5 Å². The molecule has 0 aromatic heterocycles. The molecule has 114 valence electrons. The maximum Gasteiger partial charge on any atom is 0.228 e. The van der Waals surface area contributed by atoms with Gasteiger partial charge in [-0.2, -0.15) is 0 Å². The zero-order valence-electron chi connectivity index (χ0n) is 12.6. The molecule has 1 atom stereocenters. The Kier molecular flexibility index (Phi) is 4.39. The van der Waals surface area contributed by atoms with Crippen LogP contribution in [0.2, 0.25) is 0 Å². The average molecular weight is 296 g/mol. The Labute approximate surface area is 130 Å². The van der Waals surface area contributed by atoms with Crippen LogP contribution in [-0.2, 0) is 4.79 Å². The van der Waals surface area contributed by atoms with Gasteiger partial charge in [0, 0.05) is 6.54 Å². The SMILES string of the molecule is Cc1cccc(Oc2ccccc2NC(=O)C2CCNC2)c1. The van der Waals surface area contributed by atoms with Crippen LogP contribution >= 0.6 is 0 Å². The highest BCUT2D eigenvalue weighted by Gasteiger charge is 2.23. The maximum absolute atomic E-state index is 12.3. The van der Waals surface area contributed by atoms with E-state index >= 15 is 0 Å². The fourth-order valence-electron chi connectivity index (χ4n) is 2.58. The van der Waals surface area contributed by atoms with Crippen molar-refractivity contribution in [1.29, 1.82) is 0 Å². The lowest BCUT2D eigenvalue weighted by atomic mass is 10.1. The Balaban J connectivity index is 1.76. The second kappa shape index (κ2) is 6.62. The number of rotatable bonds is 4. The molecule has 1 aliphatic rings. The van der Waals surface area contributed by atoms with Gasteiger partial charge in [0.15, 0.2) is 5.75 Å². The van der Waals surface area contributed by atoms with Crippen molar-refractivity contribution < 1.29 is 9.53 Å². The van der Waals surface area contributed by atoms with E-state index < -0.39 is 0 Å². The number of aryl methyl sites for hydroxylation is 1. The number of amides is 1. The third-order valence-corrected chi connectivity index (χ3v) is 3.79. The summed E-state index contributed by atoms with van der Waals surface area (Å²) in [7, 11) is 0. The molecule has 1 saturated heterocycles. The molecule has 2 aromatic carbocycles. The first kappa shape index (κ1) is 14.6. The molecule has 1 amide bonds.